The Hall–Kier alpha value is -0.860. The van der Waals surface area contributed by atoms with Crippen molar-refractivity contribution in [3.8, 4) is 0 Å². The Morgan fingerprint density at radius 2 is 1.71 bits per heavy atom. The Labute approximate surface area is 130 Å². The standard InChI is InChI=1S/C19H32N2/c1-5-6-17-7-9-18(10-8-17)16(4)20-19-11-13-21(14-12-19)15(2)3/h7-10,15-16,19-20H,5-6,11-14H2,1-4H3. The molecular formula is C19H32N2. The average molecular weight is 288 g/mol. The highest BCUT2D eigenvalue weighted by Gasteiger charge is 2.21. The Morgan fingerprint density at radius 1 is 1.10 bits per heavy atom. The van der Waals surface area contributed by atoms with Crippen LogP contribution in [0.5, 0.6) is 0 Å². The average Bonchev–Trinajstić information content (AvgIpc) is 2.49. The summed E-state index contributed by atoms with van der Waals surface area (Å²) in [4.78, 5) is 2.59. The Balaban J connectivity index is 1.83. The molecule has 1 aliphatic heterocycles. The van der Waals surface area contributed by atoms with Crippen LogP contribution in [0, 0.1) is 0 Å². The van der Waals surface area contributed by atoms with Crippen LogP contribution in [0.25, 0.3) is 0 Å². The van der Waals surface area contributed by atoms with Gasteiger partial charge in [0.15, 0.2) is 0 Å². The highest BCUT2D eigenvalue weighted by atomic mass is 15.2. The number of benzene rings is 1. The van der Waals surface area contributed by atoms with Gasteiger partial charge in [0.25, 0.3) is 0 Å². The third-order valence-corrected chi connectivity index (χ3v) is 4.76. The molecule has 118 valence electrons. The lowest BCUT2D eigenvalue weighted by atomic mass is 9.99. The van der Waals surface area contributed by atoms with Gasteiger partial charge in [-0.3, -0.25) is 0 Å². The van der Waals surface area contributed by atoms with Gasteiger partial charge < -0.3 is 10.2 Å². The van der Waals surface area contributed by atoms with Gasteiger partial charge in [-0.2, -0.15) is 0 Å². The second kappa shape index (κ2) is 7.95. The number of nitrogens with one attached hydrogen (secondary N) is 1. The zero-order chi connectivity index (χ0) is 15.2. The first kappa shape index (κ1) is 16.5. The van der Waals surface area contributed by atoms with Gasteiger partial charge in [-0.15, -0.1) is 0 Å². The van der Waals surface area contributed by atoms with Crippen molar-refractivity contribution in [1.82, 2.24) is 10.2 Å². The van der Waals surface area contributed by atoms with Crippen molar-refractivity contribution < 1.29 is 0 Å². The van der Waals surface area contributed by atoms with E-state index in [2.05, 4.69) is 62.2 Å². The lowest BCUT2D eigenvalue weighted by molar-refractivity contribution is 0.157. The first-order valence-corrected chi connectivity index (χ1v) is 8.69. The van der Waals surface area contributed by atoms with Crippen LogP contribution in [0.1, 0.15) is 64.1 Å². The molecule has 1 aromatic rings. The minimum atomic E-state index is 0.455. The first-order valence-electron chi connectivity index (χ1n) is 8.69. The monoisotopic (exact) mass is 288 g/mol. The van der Waals surface area contributed by atoms with Gasteiger partial charge in [-0.05, 0) is 64.3 Å². The molecule has 0 bridgehead atoms. The highest BCUT2D eigenvalue weighted by Crippen LogP contribution is 2.19. The van der Waals surface area contributed by atoms with Crippen LogP contribution in [0.4, 0.5) is 0 Å². The number of hydrogen-bond acceptors (Lipinski definition) is 2. The SMILES string of the molecule is CCCc1ccc(C(C)NC2CCN(C(C)C)CC2)cc1. The first-order chi connectivity index (χ1) is 10.1. The molecule has 0 spiro atoms. The quantitative estimate of drug-likeness (QED) is 0.845. The van der Waals surface area contributed by atoms with Gasteiger partial charge in [-0.1, -0.05) is 37.6 Å². The largest absolute Gasteiger partial charge is 0.307 e. The van der Waals surface area contributed by atoms with E-state index >= 15 is 0 Å². The van der Waals surface area contributed by atoms with Crippen LogP contribution in [0.15, 0.2) is 24.3 Å². The van der Waals surface area contributed by atoms with E-state index in [1.807, 2.05) is 0 Å². The summed E-state index contributed by atoms with van der Waals surface area (Å²) in [6, 6.07) is 11.0. The highest BCUT2D eigenvalue weighted by molar-refractivity contribution is 5.24. The summed E-state index contributed by atoms with van der Waals surface area (Å²) in [5.41, 5.74) is 2.87. The molecule has 0 radical (unpaired) electrons. The van der Waals surface area contributed by atoms with E-state index in [0.29, 0.717) is 18.1 Å². The molecule has 1 atom stereocenters. The van der Waals surface area contributed by atoms with Gasteiger partial charge in [-0.25, -0.2) is 0 Å². The van der Waals surface area contributed by atoms with E-state index in [9.17, 15) is 0 Å². The second-order valence-electron chi connectivity index (χ2n) is 6.78. The van der Waals surface area contributed by atoms with E-state index < -0.39 is 0 Å². The molecule has 0 aliphatic carbocycles. The fraction of sp³-hybridized carbons (Fsp3) is 0.684. The summed E-state index contributed by atoms with van der Waals surface area (Å²) in [7, 11) is 0. The molecule has 2 rings (SSSR count). The van der Waals surface area contributed by atoms with Crippen LogP contribution >= 0.6 is 0 Å². The molecule has 1 heterocycles. The topological polar surface area (TPSA) is 15.3 Å². The number of hydrogen-bond donors (Lipinski definition) is 1. The molecule has 0 amide bonds. The fourth-order valence-electron chi connectivity index (χ4n) is 3.29. The smallest absolute Gasteiger partial charge is 0.0294 e. The molecule has 2 heteroatoms. The van der Waals surface area contributed by atoms with Gasteiger partial charge >= 0.3 is 0 Å². The van der Waals surface area contributed by atoms with E-state index in [1.165, 1.54) is 49.9 Å². The zero-order valence-corrected chi connectivity index (χ0v) is 14.2. The number of aryl methyl sites for hydroxylation is 1. The van der Waals surface area contributed by atoms with Crippen LogP contribution in [0.2, 0.25) is 0 Å². The van der Waals surface area contributed by atoms with Crippen molar-refractivity contribution in [2.24, 2.45) is 0 Å². The second-order valence-corrected chi connectivity index (χ2v) is 6.78. The number of rotatable bonds is 6. The van der Waals surface area contributed by atoms with Crippen molar-refractivity contribution in [3.63, 3.8) is 0 Å². The molecule has 0 saturated carbocycles. The Morgan fingerprint density at radius 3 is 2.24 bits per heavy atom. The van der Waals surface area contributed by atoms with Crippen molar-refractivity contribution in [2.45, 2.75) is 71.5 Å². The van der Waals surface area contributed by atoms with E-state index in [-0.39, 0.29) is 0 Å². The molecule has 1 aromatic carbocycles. The molecule has 1 unspecified atom stereocenters. The summed E-state index contributed by atoms with van der Waals surface area (Å²) in [6.45, 7) is 11.6. The normalized spacial score (nSPS) is 19.1. The molecule has 2 nitrogen and oxygen atoms in total. The third kappa shape index (κ3) is 4.82. The predicted octanol–water partition coefficient (Wildman–Crippen LogP) is 4.16. The number of likely N-dealkylation sites (tertiary alicyclic amines) is 1. The van der Waals surface area contributed by atoms with Crippen LogP contribution in [-0.2, 0) is 6.42 Å². The molecule has 21 heavy (non-hydrogen) atoms. The molecule has 0 aromatic heterocycles. The van der Waals surface area contributed by atoms with E-state index in [0.717, 1.165) is 0 Å². The summed E-state index contributed by atoms with van der Waals surface area (Å²) in [5.74, 6) is 0. The van der Waals surface area contributed by atoms with Gasteiger partial charge in [0, 0.05) is 18.1 Å². The molecule has 1 N–H and O–H groups in total. The molecular weight excluding hydrogens is 256 g/mol. The molecule has 1 fully saturated rings. The number of nitrogens with zero attached hydrogens (tertiary/aromatic N) is 1. The maximum atomic E-state index is 3.82. The Kier molecular flexibility index (Phi) is 6.25. The maximum absolute atomic E-state index is 3.82. The lowest BCUT2D eigenvalue weighted by Gasteiger charge is -2.36. The predicted molar refractivity (Wildman–Crippen MR) is 91.7 cm³/mol. The van der Waals surface area contributed by atoms with Gasteiger partial charge in [0.05, 0.1) is 0 Å². The maximum Gasteiger partial charge on any atom is 0.0294 e. The van der Waals surface area contributed by atoms with Crippen molar-refractivity contribution in [1.29, 1.82) is 0 Å². The number of piperidine rings is 1. The van der Waals surface area contributed by atoms with Crippen LogP contribution in [0.3, 0.4) is 0 Å². The minimum absolute atomic E-state index is 0.455. The van der Waals surface area contributed by atoms with Crippen molar-refractivity contribution in [2.75, 3.05) is 13.1 Å². The summed E-state index contributed by atoms with van der Waals surface area (Å²) >= 11 is 0. The zero-order valence-electron chi connectivity index (χ0n) is 14.2. The molecule has 1 aliphatic rings. The van der Waals surface area contributed by atoms with Crippen molar-refractivity contribution >= 4 is 0 Å². The summed E-state index contributed by atoms with van der Waals surface area (Å²) in [6.07, 6.45) is 4.96. The Bertz CT molecular complexity index is 402. The fourth-order valence-corrected chi connectivity index (χ4v) is 3.29. The summed E-state index contributed by atoms with van der Waals surface area (Å²) < 4.78 is 0. The third-order valence-electron chi connectivity index (χ3n) is 4.76. The van der Waals surface area contributed by atoms with Crippen LogP contribution in [-0.4, -0.2) is 30.1 Å². The molecule has 1 saturated heterocycles. The summed E-state index contributed by atoms with van der Waals surface area (Å²) in [5, 5.41) is 3.82. The van der Waals surface area contributed by atoms with E-state index in [1.54, 1.807) is 0 Å². The van der Waals surface area contributed by atoms with Crippen molar-refractivity contribution in [3.05, 3.63) is 35.4 Å². The van der Waals surface area contributed by atoms with E-state index in [4.69, 9.17) is 0 Å². The van der Waals surface area contributed by atoms with Crippen LogP contribution < -0.4 is 5.32 Å². The van der Waals surface area contributed by atoms with Gasteiger partial charge in [0.1, 0.15) is 0 Å². The lowest BCUT2D eigenvalue weighted by Crippen LogP contribution is -2.45. The minimum Gasteiger partial charge on any atom is -0.307 e. The van der Waals surface area contributed by atoms with Gasteiger partial charge in [0.2, 0.25) is 0 Å².